The van der Waals surface area contributed by atoms with Crippen LogP contribution in [0.3, 0.4) is 0 Å². The van der Waals surface area contributed by atoms with E-state index in [9.17, 15) is 13.9 Å². The van der Waals surface area contributed by atoms with Crippen molar-refractivity contribution in [2.45, 2.75) is 37.1 Å². The zero-order chi connectivity index (χ0) is 31.3. The van der Waals surface area contributed by atoms with E-state index in [0.29, 0.717) is 61.2 Å². The minimum Gasteiger partial charge on any atom is -0.508 e. The van der Waals surface area contributed by atoms with E-state index in [1.54, 1.807) is 19.2 Å². The van der Waals surface area contributed by atoms with Crippen molar-refractivity contribution in [1.29, 1.82) is 0 Å². The number of methoxy groups -OCH3 is 1. The van der Waals surface area contributed by atoms with Crippen LogP contribution < -0.4 is 9.64 Å². The summed E-state index contributed by atoms with van der Waals surface area (Å²) in [6.07, 6.45) is 6.62. The molecule has 3 fully saturated rings. The number of benzene rings is 3. The molecule has 3 aliphatic rings. The van der Waals surface area contributed by atoms with Crippen molar-refractivity contribution in [3.05, 3.63) is 53.6 Å². The molecule has 3 aromatic carbocycles. The highest BCUT2D eigenvalue weighted by atomic mass is 19.1. The predicted molar refractivity (Wildman–Crippen MR) is 164 cm³/mol. The summed E-state index contributed by atoms with van der Waals surface area (Å²) in [5.41, 5.74) is -0.203. The number of rotatable bonds is 6. The van der Waals surface area contributed by atoms with Gasteiger partial charge in [0.1, 0.15) is 35.7 Å². The molecular formula is C34H33F3N4O4. The van der Waals surface area contributed by atoms with Crippen LogP contribution in [-0.2, 0) is 9.47 Å². The maximum absolute atomic E-state index is 16.8. The summed E-state index contributed by atoms with van der Waals surface area (Å²) < 4.78 is 63.6. The van der Waals surface area contributed by atoms with Crippen molar-refractivity contribution in [1.82, 2.24) is 14.9 Å². The maximum atomic E-state index is 16.8. The smallest absolute Gasteiger partial charge is 0.319 e. The second-order valence-electron chi connectivity index (χ2n) is 12.1. The van der Waals surface area contributed by atoms with Crippen LogP contribution >= 0.6 is 0 Å². The monoisotopic (exact) mass is 618 g/mol. The molecule has 45 heavy (non-hydrogen) atoms. The third kappa shape index (κ3) is 5.21. The summed E-state index contributed by atoms with van der Waals surface area (Å²) in [6, 6.07) is 8.75. The van der Waals surface area contributed by atoms with Gasteiger partial charge in [-0.1, -0.05) is 18.1 Å². The van der Waals surface area contributed by atoms with Gasteiger partial charge in [0.05, 0.1) is 30.4 Å². The number of terminal acetylenes is 1. The van der Waals surface area contributed by atoms with Gasteiger partial charge in [-0.15, -0.1) is 6.42 Å². The van der Waals surface area contributed by atoms with E-state index in [-0.39, 0.29) is 46.7 Å². The molecule has 0 radical (unpaired) electrons. The Hall–Kier alpha value is -4.11. The van der Waals surface area contributed by atoms with Crippen molar-refractivity contribution in [2.24, 2.45) is 0 Å². The standard InChI is InChI=1S/C34H33F3N4O4/c1-3-24-28(36)8-5-20-13-22(42)14-27(29(20)24)25-6-7-26-31(30(25)37)38-33(39-32(26)40-11-12-44-18-23(17-40)43-2)45-19-34-9-4-10-41(34)16-21(35)15-34/h1,5-8,13-14,21,23,42H,4,9-12,15-19H2,2H3/t21?,23?,34-/m0/s1. The number of fused-ring (bicyclic) bond motifs is 3. The number of ether oxygens (including phenoxy) is 3. The van der Waals surface area contributed by atoms with E-state index in [1.165, 1.54) is 24.3 Å². The fourth-order valence-electron chi connectivity index (χ4n) is 7.18. The minimum absolute atomic E-state index is 0.0163. The van der Waals surface area contributed by atoms with Crippen LogP contribution in [0.5, 0.6) is 11.8 Å². The number of hydrogen-bond acceptors (Lipinski definition) is 8. The highest BCUT2D eigenvalue weighted by molar-refractivity contribution is 6.04. The van der Waals surface area contributed by atoms with Gasteiger partial charge in [0.15, 0.2) is 5.82 Å². The van der Waals surface area contributed by atoms with Gasteiger partial charge < -0.3 is 24.2 Å². The minimum atomic E-state index is -0.931. The molecule has 4 heterocycles. The fraction of sp³-hybridized carbons (Fsp3) is 0.412. The van der Waals surface area contributed by atoms with Gasteiger partial charge in [0.2, 0.25) is 0 Å². The number of phenolic OH excluding ortho intramolecular Hbond substituents is 1. The van der Waals surface area contributed by atoms with Crippen molar-refractivity contribution < 1.29 is 32.5 Å². The quantitative estimate of drug-likeness (QED) is 0.295. The molecule has 0 spiro atoms. The predicted octanol–water partition coefficient (Wildman–Crippen LogP) is 5.22. The highest BCUT2D eigenvalue weighted by Crippen LogP contribution is 2.42. The molecule has 8 nitrogen and oxygen atoms in total. The molecule has 0 amide bonds. The number of aromatic nitrogens is 2. The number of anilines is 1. The molecular weight excluding hydrogens is 585 g/mol. The summed E-state index contributed by atoms with van der Waals surface area (Å²) >= 11 is 0. The van der Waals surface area contributed by atoms with Crippen LogP contribution in [0.15, 0.2) is 36.4 Å². The lowest BCUT2D eigenvalue weighted by molar-refractivity contribution is 0.0286. The van der Waals surface area contributed by atoms with E-state index in [4.69, 9.17) is 25.6 Å². The first-order chi connectivity index (χ1) is 21.8. The summed E-state index contributed by atoms with van der Waals surface area (Å²) in [6.45, 7) is 3.07. The average Bonchev–Trinajstić information content (AvgIpc) is 3.44. The van der Waals surface area contributed by atoms with E-state index >= 15 is 4.39 Å². The summed E-state index contributed by atoms with van der Waals surface area (Å²) in [5.74, 6) is 1.36. The van der Waals surface area contributed by atoms with Gasteiger partial charge in [0, 0.05) is 49.5 Å². The van der Waals surface area contributed by atoms with Crippen LogP contribution in [0.2, 0.25) is 0 Å². The highest BCUT2D eigenvalue weighted by Gasteiger charge is 2.49. The number of halogens is 3. The first-order valence-corrected chi connectivity index (χ1v) is 15.1. The summed E-state index contributed by atoms with van der Waals surface area (Å²) in [4.78, 5) is 13.4. The van der Waals surface area contributed by atoms with Gasteiger partial charge >= 0.3 is 6.01 Å². The molecule has 7 rings (SSSR count). The normalized spacial score (nSPS) is 23.8. The second kappa shape index (κ2) is 11.7. The molecule has 4 aromatic rings. The first kappa shape index (κ1) is 29.6. The SMILES string of the molecule is C#Cc1c(F)ccc2cc(O)cc(-c3ccc4c(N5CCOCC(OC)C5)nc(OC[C@@]56CCCN5CC(F)C6)nc4c3F)c12. The molecule has 0 aliphatic carbocycles. The Morgan fingerprint density at radius 2 is 2.00 bits per heavy atom. The lowest BCUT2D eigenvalue weighted by Crippen LogP contribution is -2.43. The van der Waals surface area contributed by atoms with Crippen LogP contribution in [0.4, 0.5) is 19.0 Å². The number of alkyl halides is 1. The second-order valence-corrected chi connectivity index (χ2v) is 12.1. The molecule has 2 unspecified atom stereocenters. The third-order valence-corrected chi connectivity index (χ3v) is 9.35. The van der Waals surface area contributed by atoms with E-state index in [2.05, 4.69) is 15.8 Å². The fourth-order valence-corrected chi connectivity index (χ4v) is 7.18. The Kier molecular flexibility index (Phi) is 7.68. The molecule has 3 atom stereocenters. The molecule has 1 N–H and O–H groups in total. The topological polar surface area (TPSA) is 80.2 Å². The molecule has 0 bridgehead atoms. The van der Waals surface area contributed by atoms with Crippen molar-refractivity contribution in [3.8, 4) is 35.2 Å². The van der Waals surface area contributed by atoms with Crippen LogP contribution in [0.1, 0.15) is 24.8 Å². The number of nitrogens with zero attached hydrogens (tertiary/aromatic N) is 4. The first-order valence-electron chi connectivity index (χ1n) is 15.1. The number of hydrogen-bond donors (Lipinski definition) is 1. The number of aromatic hydroxyl groups is 1. The third-order valence-electron chi connectivity index (χ3n) is 9.35. The molecule has 0 saturated carbocycles. The van der Waals surface area contributed by atoms with Gasteiger partial charge in [-0.05, 0) is 54.6 Å². The molecule has 1 aromatic heterocycles. The van der Waals surface area contributed by atoms with Crippen LogP contribution in [0, 0.1) is 24.0 Å². The zero-order valence-electron chi connectivity index (χ0n) is 24.9. The lowest BCUT2D eigenvalue weighted by atomic mass is 9.93. The largest absolute Gasteiger partial charge is 0.508 e. The van der Waals surface area contributed by atoms with Crippen molar-refractivity contribution >= 4 is 27.5 Å². The van der Waals surface area contributed by atoms with E-state index < -0.39 is 23.3 Å². The maximum Gasteiger partial charge on any atom is 0.319 e. The Balaban J connectivity index is 1.38. The Morgan fingerprint density at radius 1 is 1.13 bits per heavy atom. The lowest BCUT2D eigenvalue weighted by Gasteiger charge is -2.31. The molecule has 234 valence electrons. The van der Waals surface area contributed by atoms with Crippen molar-refractivity contribution in [2.75, 3.05) is 58.0 Å². The summed E-state index contributed by atoms with van der Waals surface area (Å²) in [5, 5.41) is 11.7. The Bertz CT molecular complexity index is 1830. The van der Waals surface area contributed by atoms with E-state index in [0.717, 1.165) is 19.4 Å². The molecule has 11 heteroatoms. The van der Waals surface area contributed by atoms with E-state index in [1.807, 2.05) is 4.90 Å². The molecule has 3 saturated heterocycles. The summed E-state index contributed by atoms with van der Waals surface area (Å²) in [7, 11) is 1.61. The van der Waals surface area contributed by atoms with Gasteiger partial charge in [0.25, 0.3) is 0 Å². The average molecular weight is 619 g/mol. The Labute approximate surface area is 258 Å². The van der Waals surface area contributed by atoms with Crippen LogP contribution in [-0.4, -0.2) is 90.9 Å². The zero-order valence-corrected chi connectivity index (χ0v) is 24.9. The van der Waals surface area contributed by atoms with Gasteiger partial charge in [-0.25, -0.2) is 13.2 Å². The Morgan fingerprint density at radius 3 is 2.82 bits per heavy atom. The van der Waals surface area contributed by atoms with Crippen molar-refractivity contribution in [3.63, 3.8) is 0 Å². The number of phenols is 1. The van der Waals surface area contributed by atoms with Gasteiger partial charge in [-0.3, -0.25) is 4.90 Å². The molecule has 3 aliphatic heterocycles. The van der Waals surface area contributed by atoms with Crippen LogP contribution in [0.25, 0.3) is 32.8 Å². The van der Waals surface area contributed by atoms with Gasteiger partial charge in [-0.2, -0.15) is 9.97 Å².